The number of hydrogen-bond acceptors (Lipinski definition) is 2. The Hall–Kier alpha value is 0.137. The van der Waals surface area contributed by atoms with Gasteiger partial charge in [-0.2, -0.15) is 0 Å². The van der Waals surface area contributed by atoms with E-state index in [-0.39, 0.29) is 0 Å². The quantitative estimate of drug-likeness (QED) is 0.589. The van der Waals surface area contributed by atoms with Gasteiger partial charge in [-0.15, -0.1) is 0 Å². The van der Waals surface area contributed by atoms with Crippen LogP contribution in [0.2, 0.25) is 12.1 Å². The molecule has 0 bridgehead atoms. The summed E-state index contributed by atoms with van der Waals surface area (Å²) in [7, 11) is -2.70. The molecule has 0 aromatic rings. The standard InChI is InChI=1S/C6H16O2Si/c1-3-5-6-9(7,8)4-2/h7-8H,3-6H2,1-2H3. The molecule has 0 aromatic heterocycles. The molecule has 0 unspecified atom stereocenters. The van der Waals surface area contributed by atoms with Crippen molar-refractivity contribution >= 4 is 8.56 Å². The van der Waals surface area contributed by atoms with Crippen molar-refractivity contribution in [1.82, 2.24) is 0 Å². The second-order valence-corrected chi connectivity index (χ2v) is 5.61. The molecule has 56 valence electrons. The van der Waals surface area contributed by atoms with Crippen LogP contribution in [0.3, 0.4) is 0 Å². The summed E-state index contributed by atoms with van der Waals surface area (Å²) in [6.07, 6.45) is 2.00. The van der Waals surface area contributed by atoms with Crippen LogP contribution < -0.4 is 0 Å². The molecule has 0 radical (unpaired) electrons. The van der Waals surface area contributed by atoms with E-state index in [9.17, 15) is 0 Å². The lowest BCUT2D eigenvalue weighted by molar-refractivity contribution is 0.357. The first-order valence-corrected chi connectivity index (χ1v) is 5.88. The molecule has 0 spiro atoms. The van der Waals surface area contributed by atoms with Gasteiger partial charge in [-0.25, -0.2) is 0 Å². The van der Waals surface area contributed by atoms with Gasteiger partial charge >= 0.3 is 8.56 Å². The molecule has 0 aliphatic heterocycles. The van der Waals surface area contributed by atoms with Gasteiger partial charge in [-0.05, 0) is 12.1 Å². The van der Waals surface area contributed by atoms with Crippen LogP contribution in [-0.2, 0) is 0 Å². The maximum absolute atomic E-state index is 9.15. The Balaban J connectivity index is 3.33. The molecule has 9 heavy (non-hydrogen) atoms. The summed E-state index contributed by atoms with van der Waals surface area (Å²) in [5.41, 5.74) is 0. The molecule has 0 rings (SSSR count). The van der Waals surface area contributed by atoms with Crippen LogP contribution in [-0.4, -0.2) is 18.2 Å². The summed E-state index contributed by atoms with van der Waals surface area (Å²) >= 11 is 0. The highest BCUT2D eigenvalue weighted by Gasteiger charge is 2.24. The molecule has 0 heterocycles. The molecule has 0 aliphatic carbocycles. The van der Waals surface area contributed by atoms with E-state index < -0.39 is 8.56 Å². The van der Waals surface area contributed by atoms with Gasteiger partial charge in [0.25, 0.3) is 0 Å². The topological polar surface area (TPSA) is 40.5 Å². The van der Waals surface area contributed by atoms with Crippen molar-refractivity contribution < 1.29 is 9.59 Å². The fourth-order valence-corrected chi connectivity index (χ4v) is 1.91. The van der Waals surface area contributed by atoms with Gasteiger partial charge in [0.1, 0.15) is 0 Å². The van der Waals surface area contributed by atoms with Crippen LogP contribution in [0, 0.1) is 0 Å². The fourth-order valence-electron chi connectivity index (χ4n) is 0.637. The zero-order valence-corrected chi connectivity index (χ0v) is 7.22. The summed E-state index contributed by atoms with van der Waals surface area (Å²) in [6.45, 7) is 3.89. The van der Waals surface area contributed by atoms with Gasteiger partial charge in [0, 0.05) is 0 Å². The van der Waals surface area contributed by atoms with E-state index in [4.69, 9.17) is 9.59 Å². The summed E-state index contributed by atoms with van der Waals surface area (Å²) in [5.74, 6) is 0. The Bertz CT molecular complexity index is 73.5. The van der Waals surface area contributed by atoms with Gasteiger partial charge in [0.05, 0.1) is 0 Å². The van der Waals surface area contributed by atoms with Crippen molar-refractivity contribution in [3.8, 4) is 0 Å². The van der Waals surface area contributed by atoms with Gasteiger partial charge in [-0.1, -0.05) is 26.7 Å². The molecular formula is C6H16O2Si. The zero-order valence-electron chi connectivity index (χ0n) is 6.22. The molecule has 0 atom stereocenters. The van der Waals surface area contributed by atoms with Gasteiger partial charge in [0.15, 0.2) is 0 Å². The van der Waals surface area contributed by atoms with Crippen LogP contribution in [0.25, 0.3) is 0 Å². The van der Waals surface area contributed by atoms with E-state index in [2.05, 4.69) is 6.92 Å². The first kappa shape index (κ1) is 9.14. The van der Waals surface area contributed by atoms with Gasteiger partial charge in [0.2, 0.25) is 0 Å². The summed E-state index contributed by atoms with van der Waals surface area (Å²) < 4.78 is 0. The predicted octanol–water partition coefficient (Wildman–Crippen LogP) is 1.23. The van der Waals surface area contributed by atoms with Crippen LogP contribution >= 0.6 is 0 Å². The highest BCUT2D eigenvalue weighted by atomic mass is 28.4. The summed E-state index contributed by atoms with van der Waals surface area (Å²) in [4.78, 5) is 18.3. The smallest absolute Gasteiger partial charge is 0.332 e. The molecule has 0 saturated carbocycles. The largest absolute Gasteiger partial charge is 0.411 e. The molecule has 0 aliphatic rings. The predicted molar refractivity (Wildman–Crippen MR) is 40.4 cm³/mol. The highest BCUT2D eigenvalue weighted by Crippen LogP contribution is 2.10. The minimum absolute atomic E-state index is 0.562. The Labute approximate surface area is 57.8 Å². The Kier molecular flexibility index (Phi) is 4.09. The van der Waals surface area contributed by atoms with E-state index in [1.165, 1.54) is 0 Å². The van der Waals surface area contributed by atoms with Crippen molar-refractivity contribution in [2.45, 2.75) is 38.8 Å². The molecule has 2 nitrogen and oxygen atoms in total. The van der Waals surface area contributed by atoms with E-state index >= 15 is 0 Å². The normalized spacial score (nSPS) is 12.0. The lowest BCUT2D eigenvalue weighted by Gasteiger charge is -2.13. The minimum atomic E-state index is -2.70. The number of unbranched alkanes of at least 4 members (excludes halogenated alkanes) is 1. The summed E-state index contributed by atoms with van der Waals surface area (Å²) in [5, 5.41) is 0. The average Bonchev–Trinajstić information content (AvgIpc) is 1.84. The lowest BCUT2D eigenvalue weighted by Crippen LogP contribution is -2.32. The van der Waals surface area contributed by atoms with Crippen molar-refractivity contribution in [3.63, 3.8) is 0 Å². The van der Waals surface area contributed by atoms with Crippen molar-refractivity contribution in [1.29, 1.82) is 0 Å². The van der Waals surface area contributed by atoms with Gasteiger partial charge in [-0.3, -0.25) is 0 Å². The number of hydrogen-bond donors (Lipinski definition) is 2. The average molecular weight is 148 g/mol. The van der Waals surface area contributed by atoms with E-state index in [0.717, 1.165) is 12.8 Å². The molecule has 0 fully saturated rings. The molecule has 2 N–H and O–H groups in total. The van der Waals surface area contributed by atoms with Crippen LogP contribution in [0.15, 0.2) is 0 Å². The van der Waals surface area contributed by atoms with Crippen molar-refractivity contribution in [2.75, 3.05) is 0 Å². The van der Waals surface area contributed by atoms with E-state index in [1.807, 2.05) is 6.92 Å². The van der Waals surface area contributed by atoms with Gasteiger partial charge < -0.3 is 9.59 Å². The van der Waals surface area contributed by atoms with E-state index in [1.54, 1.807) is 0 Å². The fraction of sp³-hybridized carbons (Fsp3) is 1.00. The molecule has 3 heteroatoms. The number of rotatable bonds is 4. The Morgan fingerprint density at radius 1 is 1.22 bits per heavy atom. The van der Waals surface area contributed by atoms with Crippen LogP contribution in [0.4, 0.5) is 0 Å². The maximum Gasteiger partial charge on any atom is 0.332 e. The van der Waals surface area contributed by atoms with Crippen molar-refractivity contribution in [2.24, 2.45) is 0 Å². The Morgan fingerprint density at radius 3 is 2.11 bits per heavy atom. The Morgan fingerprint density at radius 2 is 1.78 bits per heavy atom. The van der Waals surface area contributed by atoms with Crippen LogP contribution in [0.1, 0.15) is 26.7 Å². The zero-order chi connectivity index (χ0) is 7.33. The molecule has 0 aromatic carbocycles. The third kappa shape index (κ3) is 4.63. The monoisotopic (exact) mass is 148 g/mol. The third-order valence-corrected chi connectivity index (χ3v) is 3.78. The highest BCUT2D eigenvalue weighted by molar-refractivity contribution is 6.64. The lowest BCUT2D eigenvalue weighted by atomic mass is 10.4. The SMILES string of the molecule is CCCC[Si](O)(O)CC. The van der Waals surface area contributed by atoms with Crippen LogP contribution in [0.5, 0.6) is 0 Å². The second kappa shape index (κ2) is 4.03. The molecule has 0 amide bonds. The van der Waals surface area contributed by atoms with E-state index in [0.29, 0.717) is 12.1 Å². The summed E-state index contributed by atoms with van der Waals surface area (Å²) in [6, 6.07) is 1.20. The van der Waals surface area contributed by atoms with Crippen molar-refractivity contribution in [3.05, 3.63) is 0 Å². The maximum atomic E-state index is 9.15. The first-order chi connectivity index (χ1) is 4.12. The molecular weight excluding hydrogens is 132 g/mol. The minimum Gasteiger partial charge on any atom is -0.411 e. The molecule has 0 saturated heterocycles. The third-order valence-electron chi connectivity index (χ3n) is 1.50. The first-order valence-electron chi connectivity index (χ1n) is 3.57. The second-order valence-electron chi connectivity index (χ2n) is 2.44.